The molecule has 0 aliphatic heterocycles. The number of carbonyl (C=O) groups excluding carboxylic acids is 1. The quantitative estimate of drug-likeness (QED) is 0.320. The summed E-state index contributed by atoms with van der Waals surface area (Å²) in [5, 5.41) is 17.4. The third-order valence-corrected chi connectivity index (χ3v) is 1.36. The molecule has 0 aliphatic carbocycles. The topological polar surface area (TPSA) is 83.8 Å². The van der Waals surface area contributed by atoms with E-state index in [1.54, 1.807) is 0 Å². The molecule has 0 amide bonds. The summed E-state index contributed by atoms with van der Waals surface area (Å²) in [5.41, 5.74) is -0.176. The Morgan fingerprint density at radius 2 is 2.07 bits per heavy atom. The molecule has 70 valence electrons. The number of aldehydes is 1. The van der Waals surface area contributed by atoms with Gasteiger partial charge in [0, 0.05) is 0 Å². The number of carbonyl (C=O) groups is 2. The molecule has 0 saturated heterocycles. The van der Waals surface area contributed by atoms with Crippen molar-refractivity contribution in [2.24, 2.45) is 0 Å². The normalized spacial score (nSPS) is 8.57. The van der Waals surface area contributed by atoms with Crippen molar-refractivity contribution < 1.29 is 24.5 Å². The first-order valence-electron chi connectivity index (χ1n) is 3.33. The van der Waals surface area contributed by atoms with E-state index in [1.165, 1.54) is 18.2 Å². The van der Waals surface area contributed by atoms with Crippen LogP contribution in [0.2, 0.25) is 0 Å². The third-order valence-electron chi connectivity index (χ3n) is 1.36. The van der Waals surface area contributed by atoms with Crippen molar-refractivity contribution in [3.8, 4) is 11.5 Å². The molecule has 0 bridgehead atoms. The second-order valence-electron chi connectivity index (χ2n) is 2.17. The van der Waals surface area contributed by atoms with Crippen molar-refractivity contribution in [1.82, 2.24) is 0 Å². The molecule has 2 N–H and O–H groups in total. The average Bonchev–Trinajstić information content (AvgIpc) is 2.03. The van der Waals surface area contributed by atoms with Gasteiger partial charge in [-0.25, -0.2) is 4.79 Å². The van der Waals surface area contributed by atoms with Crippen LogP contribution in [0.3, 0.4) is 0 Å². The van der Waals surface area contributed by atoms with Gasteiger partial charge in [-0.05, 0) is 12.1 Å². The van der Waals surface area contributed by atoms with Crippen LogP contribution in [0.15, 0.2) is 18.2 Å². The zero-order valence-corrected chi connectivity index (χ0v) is 6.43. The van der Waals surface area contributed by atoms with Gasteiger partial charge < -0.3 is 14.9 Å². The fraction of sp³-hybridized carbons (Fsp3) is 0. The van der Waals surface area contributed by atoms with Crippen molar-refractivity contribution in [3.63, 3.8) is 0 Å². The van der Waals surface area contributed by atoms with Gasteiger partial charge in [-0.2, -0.15) is 0 Å². The summed E-state index contributed by atoms with van der Waals surface area (Å²) in [6.45, 7) is 0. The number of hydrogen-bond acceptors (Lipinski definition) is 4. The number of phenolic OH excluding ortho intramolecular Hbond substituents is 1. The second-order valence-corrected chi connectivity index (χ2v) is 2.17. The molecule has 1 rings (SSSR count). The first kappa shape index (κ1) is 13.0. The van der Waals surface area contributed by atoms with E-state index in [2.05, 4.69) is 4.74 Å². The number of benzene rings is 1. The Morgan fingerprint density at radius 3 is 2.57 bits per heavy atom. The summed E-state index contributed by atoms with van der Waals surface area (Å²) in [4.78, 5) is 20.5. The Labute approximate surface area is 102 Å². The maximum atomic E-state index is 10.4. The summed E-state index contributed by atoms with van der Waals surface area (Å²) >= 11 is 0. The standard InChI is InChI=1S/C8H6O5.Na.H/c9-4-5-6(10)2-1-3-7(5)13-8(11)12;;/h1-4,10H,(H,11,12);;. The summed E-state index contributed by atoms with van der Waals surface area (Å²) in [5.74, 6) is -0.490. The van der Waals surface area contributed by atoms with Crippen LogP contribution in [0.4, 0.5) is 4.79 Å². The van der Waals surface area contributed by atoms with Crippen LogP contribution < -0.4 is 4.74 Å². The van der Waals surface area contributed by atoms with Crippen molar-refractivity contribution >= 4 is 42.0 Å². The zero-order chi connectivity index (χ0) is 9.84. The van der Waals surface area contributed by atoms with E-state index in [-0.39, 0.29) is 46.6 Å². The Balaban J connectivity index is 0.00000169. The van der Waals surface area contributed by atoms with Gasteiger partial charge in [-0.3, -0.25) is 4.79 Å². The van der Waals surface area contributed by atoms with E-state index in [0.29, 0.717) is 6.29 Å². The predicted molar refractivity (Wildman–Crippen MR) is 49.3 cm³/mol. The number of rotatable bonds is 2. The van der Waals surface area contributed by atoms with E-state index in [4.69, 9.17) is 10.2 Å². The van der Waals surface area contributed by atoms with E-state index < -0.39 is 6.16 Å². The van der Waals surface area contributed by atoms with E-state index in [1.807, 2.05) is 0 Å². The molecule has 6 heteroatoms. The molecule has 0 atom stereocenters. The first-order chi connectivity index (χ1) is 6.15. The van der Waals surface area contributed by atoms with Crippen LogP contribution >= 0.6 is 0 Å². The van der Waals surface area contributed by atoms with Gasteiger partial charge in [0.2, 0.25) is 0 Å². The number of carboxylic acid groups (broad SMARTS) is 1. The molecule has 14 heavy (non-hydrogen) atoms. The Morgan fingerprint density at radius 1 is 1.43 bits per heavy atom. The van der Waals surface area contributed by atoms with Crippen molar-refractivity contribution in [1.29, 1.82) is 0 Å². The first-order valence-corrected chi connectivity index (χ1v) is 3.33. The molecular formula is C8H7NaO5. The summed E-state index contributed by atoms with van der Waals surface area (Å²) in [6, 6.07) is 3.91. The van der Waals surface area contributed by atoms with Gasteiger partial charge in [0.25, 0.3) is 0 Å². The van der Waals surface area contributed by atoms with Gasteiger partial charge in [-0.1, -0.05) is 6.07 Å². The fourth-order valence-electron chi connectivity index (χ4n) is 0.834. The number of aromatic hydroxyl groups is 1. The summed E-state index contributed by atoms with van der Waals surface area (Å²) < 4.78 is 4.24. The minimum atomic E-state index is -1.53. The van der Waals surface area contributed by atoms with Gasteiger partial charge in [0.1, 0.15) is 11.5 Å². The summed E-state index contributed by atoms with van der Waals surface area (Å²) in [6.07, 6.45) is -1.21. The van der Waals surface area contributed by atoms with Crippen molar-refractivity contribution in [2.75, 3.05) is 0 Å². The number of phenols is 1. The zero-order valence-electron chi connectivity index (χ0n) is 6.43. The van der Waals surface area contributed by atoms with Crippen LogP contribution in [0, 0.1) is 0 Å². The Bertz CT molecular complexity index is 350. The molecule has 0 saturated carbocycles. The summed E-state index contributed by atoms with van der Waals surface area (Å²) in [7, 11) is 0. The molecule has 0 radical (unpaired) electrons. The van der Waals surface area contributed by atoms with E-state index in [9.17, 15) is 9.59 Å². The molecule has 0 spiro atoms. The van der Waals surface area contributed by atoms with E-state index in [0.717, 1.165) is 0 Å². The minimum absolute atomic E-state index is 0. The Kier molecular flexibility index (Phi) is 5.22. The van der Waals surface area contributed by atoms with Gasteiger partial charge in [0.15, 0.2) is 6.29 Å². The SMILES string of the molecule is O=Cc1c(O)cccc1OC(=O)O.[NaH]. The molecule has 0 aromatic heterocycles. The van der Waals surface area contributed by atoms with Gasteiger partial charge in [-0.15, -0.1) is 0 Å². The van der Waals surface area contributed by atoms with Gasteiger partial charge in [0.05, 0.1) is 5.56 Å². The maximum absolute atomic E-state index is 10.4. The second kappa shape index (κ2) is 5.64. The van der Waals surface area contributed by atoms with E-state index >= 15 is 0 Å². The van der Waals surface area contributed by atoms with Gasteiger partial charge >= 0.3 is 35.7 Å². The van der Waals surface area contributed by atoms with Crippen molar-refractivity contribution in [3.05, 3.63) is 23.8 Å². The molecule has 1 aromatic rings. The third kappa shape index (κ3) is 3.02. The molecule has 1 aromatic carbocycles. The average molecular weight is 206 g/mol. The molecule has 0 fully saturated rings. The van der Waals surface area contributed by atoms with Crippen LogP contribution in [0.5, 0.6) is 11.5 Å². The van der Waals surface area contributed by atoms with Crippen molar-refractivity contribution in [2.45, 2.75) is 0 Å². The fourth-order valence-corrected chi connectivity index (χ4v) is 0.834. The van der Waals surface area contributed by atoms with Crippen LogP contribution in [0.25, 0.3) is 0 Å². The molecule has 5 nitrogen and oxygen atoms in total. The van der Waals surface area contributed by atoms with Crippen LogP contribution in [0.1, 0.15) is 10.4 Å². The number of hydrogen-bond donors (Lipinski definition) is 2. The molecule has 0 unspecified atom stereocenters. The molecule has 0 heterocycles. The number of ether oxygens (including phenoxy) is 1. The van der Waals surface area contributed by atoms with Crippen LogP contribution in [-0.4, -0.2) is 52.2 Å². The van der Waals surface area contributed by atoms with Crippen LogP contribution in [-0.2, 0) is 0 Å². The Hall–Kier alpha value is -1.04. The molecular weight excluding hydrogens is 199 g/mol. The monoisotopic (exact) mass is 206 g/mol. The predicted octanol–water partition coefficient (Wildman–Crippen LogP) is 0.613. The molecule has 0 aliphatic rings.